The van der Waals surface area contributed by atoms with E-state index >= 15 is 0 Å². The fraction of sp³-hybridized carbons (Fsp3) is 0.280. The number of sulfonamides is 1. The molecule has 3 aromatic rings. The van der Waals surface area contributed by atoms with E-state index in [1.165, 1.54) is 40.8 Å². The van der Waals surface area contributed by atoms with Crippen molar-refractivity contribution in [1.29, 1.82) is 0 Å². The van der Waals surface area contributed by atoms with Gasteiger partial charge in [0.2, 0.25) is 5.91 Å². The van der Waals surface area contributed by atoms with Crippen LogP contribution in [0.2, 0.25) is 0 Å². The molecule has 2 heterocycles. The Morgan fingerprint density at radius 3 is 2.57 bits per heavy atom. The molecule has 1 unspecified atom stereocenters. The number of hydrogen-bond acceptors (Lipinski definition) is 6. The number of hydrogen-bond donors (Lipinski definition) is 1. The lowest BCUT2D eigenvalue weighted by Crippen LogP contribution is -2.43. The van der Waals surface area contributed by atoms with Gasteiger partial charge in [-0.25, -0.2) is 8.42 Å². The fourth-order valence-electron chi connectivity index (χ4n) is 4.20. The number of nitrogens with zero attached hydrogens (tertiary/aromatic N) is 2. The predicted octanol–water partition coefficient (Wildman–Crippen LogP) is 3.75. The molecule has 1 N–H and O–H groups in total. The van der Waals surface area contributed by atoms with Crippen LogP contribution in [0, 0.1) is 0 Å². The van der Waals surface area contributed by atoms with Gasteiger partial charge in [0.15, 0.2) is 5.76 Å². The standard InChI is InChI=1S/C25H27N3O6S/c1-3-28(18-9-5-4-6-10-18)35(31,32)19-13-14-22(33-2)20(17-19)26-24(29)21-11-7-15-27(21)25(30)23-12-8-16-34-23/h4-6,8-10,12-14,16-17,21H,3,7,11,15H2,1-2H3,(H,26,29). The third kappa shape index (κ3) is 4.88. The van der Waals surface area contributed by atoms with Gasteiger partial charge < -0.3 is 19.4 Å². The summed E-state index contributed by atoms with van der Waals surface area (Å²) in [4.78, 5) is 27.4. The van der Waals surface area contributed by atoms with Crippen molar-refractivity contribution in [3.63, 3.8) is 0 Å². The molecule has 0 bridgehead atoms. The first kappa shape index (κ1) is 24.3. The first-order valence-corrected chi connectivity index (χ1v) is 12.7. The zero-order valence-corrected chi connectivity index (χ0v) is 20.3. The summed E-state index contributed by atoms with van der Waals surface area (Å²) in [6.07, 6.45) is 2.55. The summed E-state index contributed by atoms with van der Waals surface area (Å²) in [6, 6.07) is 15.6. The fourth-order valence-corrected chi connectivity index (χ4v) is 5.70. The minimum atomic E-state index is -3.91. The Balaban J connectivity index is 1.60. The van der Waals surface area contributed by atoms with E-state index < -0.39 is 22.0 Å². The van der Waals surface area contributed by atoms with E-state index in [0.717, 1.165) is 0 Å². The van der Waals surface area contributed by atoms with Gasteiger partial charge in [0.1, 0.15) is 11.8 Å². The topological polar surface area (TPSA) is 109 Å². The van der Waals surface area contributed by atoms with Crippen LogP contribution in [0.15, 0.2) is 76.2 Å². The van der Waals surface area contributed by atoms with Crippen LogP contribution in [0.25, 0.3) is 0 Å². The Hall–Kier alpha value is -3.79. The smallest absolute Gasteiger partial charge is 0.290 e. The Kier molecular flexibility index (Phi) is 7.11. The van der Waals surface area contributed by atoms with Crippen molar-refractivity contribution >= 4 is 33.2 Å². The van der Waals surface area contributed by atoms with Crippen molar-refractivity contribution in [3.8, 4) is 5.75 Å². The lowest BCUT2D eigenvalue weighted by atomic mass is 10.2. The minimum Gasteiger partial charge on any atom is -0.495 e. The molecule has 2 aromatic carbocycles. The van der Waals surface area contributed by atoms with Crippen LogP contribution >= 0.6 is 0 Å². The molecule has 10 heteroatoms. The van der Waals surface area contributed by atoms with Crippen LogP contribution in [-0.4, -0.2) is 51.4 Å². The number of ether oxygens (including phenoxy) is 1. The molecule has 4 rings (SSSR count). The van der Waals surface area contributed by atoms with E-state index in [2.05, 4.69) is 5.32 Å². The van der Waals surface area contributed by atoms with Crippen molar-refractivity contribution in [2.45, 2.75) is 30.7 Å². The summed E-state index contributed by atoms with van der Waals surface area (Å²) in [6.45, 7) is 2.40. The maximum Gasteiger partial charge on any atom is 0.290 e. The van der Waals surface area contributed by atoms with Crippen LogP contribution in [0.3, 0.4) is 0 Å². The second-order valence-electron chi connectivity index (χ2n) is 7.99. The number of nitrogens with one attached hydrogen (secondary N) is 1. The number of anilines is 2. The SMILES string of the molecule is CCN(c1ccccc1)S(=O)(=O)c1ccc(OC)c(NC(=O)C2CCCN2C(=O)c2ccco2)c1. The van der Waals surface area contributed by atoms with Crippen molar-refractivity contribution in [2.24, 2.45) is 0 Å². The Labute approximate surface area is 204 Å². The number of para-hydroxylation sites is 1. The van der Waals surface area contributed by atoms with E-state index in [4.69, 9.17) is 9.15 Å². The Morgan fingerprint density at radius 1 is 1.14 bits per heavy atom. The third-order valence-electron chi connectivity index (χ3n) is 5.90. The molecule has 1 aliphatic heterocycles. The molecule has 0 saturated carbocycles. The summed E-state index contributed by atoms with van der Waals surface area (Å²) in [5.74, 6) is -0.319. The molecule has 9 nitrogen and oxygen atoms in total. The van der Waals surface area contributed by atoms with E-state index in [1.807, 2.05) is 6.07 Å². The second kappa shape index (κ2) is 10.2. The molecule has 35 heavy (non-hydrogen) atoms. The lowest BCUT2D eigenvalue weighted by molar-refractivity contribution is -0.119. The van der Waals surface area contributed by atoms with Crippen LogP contribution < -0.4 is 14.4 Å². The average Bonchev–Trinajstić information content (AvgIpc) is 3.57. The Morgan fingerprint density at radius 2 is 1.91 bits per heavy atom. The number of carbonyl (C=O) groups excluding carboxylic acids is 2. The summed E-state index contributed by atoms with van der Waals surface area (Å²) in [5, 5.41) is 2.77. The first-order valence-electron chi connectivity index (χ1n) is 11.3. The van der Waals surface area contributed by atoms with Gasteiger partial charge in [0.05, 0.1) is 29.6 Å². The molecule has 0 aliphatic carbocycles. The Bertz CT molecular complexity index is 1290. The van der Waals surface area contributed by atoms with Crippen LogP contribution in [0.5, 0.6) is 5.75 Å². The molecule has 2 amide bonds. The van der Waals surface area contributed by atoms with Crippen molar-refractivity contribution in [2.75, 3.05) is 29.8 Å². The van der Waals surface area contributed by atoms with Crippen molar-refractivity contribution < 1.29 is 27.2 Å². The number of benzene rings is 2. The van der Waals surface area contributed by atoms with Gasteiger partial charge in [-0.1, -0.05) is 18.2 Å². The number of carbonyl (C=O) groups is 2. The number of likely N-dealkylation sites (tertiary alicyclic amines) is 1. The lowest BCUT2D eigenvalue weighted by Gasteiger charge is -2.25. The van der Waals surface area contributed by atoms with E-state index in [1.54, 1.807) is 43.3 Å². The molecular formula is C25H27N3O6S. The molecule has 1 atom stereocenters. The van der Waals surface area contributed by atoms with E-state index in [0.29, 0.717) is 30.8 Å². The maximum absolute atomic E-state index is 13.4. The first-order chi connectivity index (χ1) is 16.9. The van der Waals surface area contributed by atoms with Crippen LogP contribution in [0.1, 0.15) is 30.3 Å². The quantitative estimate of drug-likeness (QED) is 0.508. The average molecular weight is 498 g/mol. The highest BCUT2D eigenvalue weighted by Gasteiger charge is 2.36. The second-order valence-corrected chi connectivity index (χ2v) is 9.85. The monoisotopic (exact) mass is 497 g/mol. The third-order valence-corrected chi connectivity index (χ3v) is 7.80. The van der Waals surface area contributed by atoms with Gasteiger partial charge >= 0.3 is 0 Å². The molecule has 1 fully saturated rings. The number of amides is 2. The minimum absolute atomic E-state index is 0.00856. The highest BCUT2D eigenvalue weighted by molar-refractivity contribution is 7.92. The zero-order chi connectivity index (χ0) is 25.0. The molecule has 1 aromatic heterocycles. The number of furan rings is 1. The van der Waals surface area contributed by atoms with E-state index in [9.17, 15) is 18.0 Å². The molecule has 0 radical (unpaired) electrons. The molecule has 184 valence electrons. The van der Waals surface area contributed by atoms with Gasteiger partial charge in [-0.05, 0) is 62.2 Å². The van der Waals surface area contributed by atoms with Crippen LogP contribution in [0.4, 0.5) is 11.4 Å². The van der Waals surface area contributed by atoms with Gasteiger partial charge in [0.25, 0.3) is 15.9 Å². The van der Waals surface area contributed by atoms with Gasteiger partial charge in [-0.2, -0.15) is 0 Å². The maximum atomic E-state index is 13.4. The molecular weight excluding hydrogens is 470 g/mol. The van der Waals surface area contributed by atoms with Crippen LogP contribution in [-0.2, 0) is 14.8 Å². The van der Waals surface area contributed by atoms with Gasteiger partial charge in [-0.15, -0.1) is 0 Å². The van der Waals surface area contributed by atoms with Crippen molar-refractivity contribution in [3.05, 3.63) is 72.7 Å². The van der Waals surface area contributed by atoms with E-state index in [-0.39, 0.29) is 28.8 Å². The summed E-state index contributed by atoms with van der Waals surface area (Å²) >= 11 is 0. The highest BCUT2D eigenvalue weighted by Crippen LogP contribution is 2.32. The number of rotatable bonds is 8. The normalized spacial score (nSPS) is 15.6. The highest BCUT2D eigenvalue weighted by atomic mass is 32.2. The molecule has 0 spiro atoms. The number of methoxy groups -OCH3 is 1. The summed E-state index contributed by atoms with van der Waals surface area (Å²) in [7, 11) is -2.48. The summed E-state index contributed by atoms with van der Waals surface area (Å²) in [5.41, 5.74) is 0.745. The zero-order valence-electron chi connectivity index (χ0n) is 19.5. The van der Waals surface area contributed by atoms with Gasteiger partial charge in [-0.3, -0.25) is 13.9 Å². The predicted molar refractivity (Wildman–Crippen MR) is 131 cm³/mol. The molecule has 1 aliphatic rings. The van der Waals surface area contributed by atoms with Gasteiger partial charge in [0, 0.05) is 13.1 Å². The largest absolute Gasteiger partial charge is 0.495 e. The molecule has 1 saturated heterocycles. The van der Waals surface area contributed by atoms with Crippen molar-refractivity contribution in [1.82, 2.24) is 4.90 Å². The summed E-state index contributed by atoms with van der Waals surface area (Å²) < 4.78 is 38.7.